The van der Waals surface area contributed by atoms with Gasteiger partial charge in [0.1, 0.15) is 17.1 Å². The number of carbonyl (C=O) groups is 1. The maximum Gasteiger partial charge on any atom is 0.341 e. The lowest BCUT2D eigenvalue weighted by Gasteiger charge is -2.30. The Bertz CT molecular complexity index is 586. The number of nitrogens with one attached hydrogen (secondary N) is 2. The number of methoxy groups -OCH3 is 1. The highest BCUT2D eigenvalue weighted by Gasteiger charge is 2.15. The first-order chi connectivity index (χ1) is 12.3. The molecule has 26 heavy (non-hydrogen) atoms. The SMILES string of the molecule is CN=C(NCCCN(C(C)C)C(C)C)NCc1cc(C(=O)OC)c(C)o1. The molecular weight excluding hydrogens is 332 g/mol. The Morgan fingerprint density at radius 3 is 2.46 bits per heavy atom. The number of hydrogen-bond donors (Lipinski definition) is 2. The molecule has 0 aromatic carbocycles. The van der Waals surface area contributed by atoms with E-state index in [0.29, 0.717) is 41.7 Å². The molecule has 1 aromatic heterocycles. The van der Waals surface area contributed by atoms with Crippen LogP contribution in [0.1, 0.15) is 56.0 Å². The lowest BCUT2D eigenvalue weighted by atomic mass is 10.2. The Labute approximate surface area is 157 Å². The number of nitrogens with zero attached hydrogens (tertiary/aromatic N) is 2. The molecular formula is C19H34N4O3. The maximum absolute atomic E-state index is 11.6. The number of aliphatic imine (C=N–C) groups is 1. The van der Waals surface area contributed by atoms with E-state index < -0.39 is 0 Å². The van der Waals surface area contributed by atoms with E-state index in [0.717, 1.165) is 19.5 Å². The van der Waals surface area contributed by atoms with Crippen molar-refractivity contribution in [3.05, 3.63) is 23.2 Å². The standard InChI is InChI=1S/C19H34N4O3/c1-13(2)23(14(3)4)10-8-9-21-19(20-6)22-12-16-11-17(15(5)26-16)18(24)25-7/h11,13-14H,8-10,12H2,1-7H3,(H2,20,21,22). The van der Waals surface area contributed by atoms with Crippen molar-refractivity contribution in [2.24, 2.45) is 4.99 Å². The minimum Gasteiger partial charge on any atom is -0.465 e. The van der Waals surface area contributed by atoms with Crippen molar-refractivity contribution in [2.45, 2.75) is 59.7 Å². The van der Waals surface area contributed by atoms with Crippen molar-refractivity contribution >= 4 is 11.9 Å². The van der Waals surface area contributed by atoms with Crippen molar-refractivity contribution in [2.75, 3.05) is 27.2 Å². The molecule has 7 heteroatoms. The molecule has 0 bridgehead atoms. The van der Waals surface area contributed by atoms with Gasteiger partial charge in [-0.05, 0) is 47.1 Å². The second-order valence-electron chi connectivity index (χ2n) is 6.81. The summed E-state index contributed by atoms with van der Waals surface area (Å²) < 4.78 is 10.3. The number of aryl methyl sites for hydroxylation is 1. The van der Waals surface area contributed by atoms with Crippen LogP contribution in [0.2, 0.25) is 0 Å². The number of carbonyl (C=O) groups excluding carboxylic acids is 1. The molecule has 0 amide bonds. The van der Waals surface area contributed by atoms with E-state index in [4.69, 9.17) is 9.15 Å². The largest absolute Gasteiger partial charge is 0.465 e. The zero-order chi connectivity index (χ0) is 19.7. The third kappa shape index (κ3) is 6.71. The molecule has 1 aromatic rings. The Morgan fingerprint density at radius 2 is 1.92 bits per heavy atom. The molecule has 148 valence electrons. The first kappa shape index (κ1) is 22.0. The van der Waals surface area contributed by atoms with Crippen molar-refractivity contribution in [1.82, 2.24) is 15.5 Å². The Kier molecular flexibility index (Phi) is 9.19. The van der Waals surface area contributed by atoms with Gasteiger partial charge in [0, 0.05) is 32.2 Å². The van der Waals surface area contributed by atoms with Crippen molar-refractivity contribution < 1.29 is 13.9 Å². The summed E-state index contributed by atoms with van der Waals surface area (Å²) in [4.78, 5) is 18.3. The minimum absolute atomic E-state index is 0.389. The number of furan rings is 1. The normalized spacial score (nSPS) is 12.2. The number of rotatable bonds is 9. The van der Waals surface area contributed by atoms with Gasteiger partial charge in [-0.2, -0.15) is 0 Å². The van der Waals surface area contributed by atoms with Crippen LogP contribution in [-0.2, 0) is 11.3 Å². The molecule has 0 atom stereocenters. The van der Waals surface area contributed by atoms with Crippen LogP contribution < -0.4 is 10.6 Å². The summed E-state index contributed by atoms with van der Waals surface area (Å²) >= 11 is 0. The fourth-order valence-corrected chi connectivity index (χ4v) is 2.92. The van der Waals surface area contributed by atoms with Crippen LogP contribution in [0, 0.1) is 6.92 Å². The molecule has 0 radical (unpaired) electrons. The molecule has 0 saturated carbocycles. The van der Waals surface area contributed by atoms with Gasteiger partial charge in [-0.3, -0.25) is 9.89 Å². The quantitative estimate of drug-likeness (QED) is 0.303. The van der Waals surface area contributed by atoms with Crippen LogP contribution in [0.25, 0.3) is 0 Å². The lowest BCUT2D eigenvalue weighted by molar-refractivity contribution is 0.0599. The molecule has 0 unspecified atom stereocenters. The highest BCUT2D eigenvalue weighted by molar-refractivity contribution is 5.90. The highest BCUT2D eigenvalue weighted by atomic mass is 16.5. The zero-order valence-electron chi connectivity index (χ0n) is 17.2. The zero-order valence-corrected chi connectivity index (χ0v) is 17.2. The average molecular weight is 367 g/mol. The second-order valence-corrected chi connectivity index (χ2v) is 6.81. The second kappa shape index (κ2) is 10.9. The molecule has 0 aliphatic rings. The van der Waals surface area contributed by atoms with Gasteiger partial charge in [-0.25, -0.2) is 4.79 Å². The third-order valence-electron chi connectivity index (χ3n) is 4.24. The topological polar surface area (TPSA) is 79.1 Å². The van der Waals surface area contributed by atoms with Gasteiger partial charge in [0.2, 0.25) is 0 Å². The fraction of sp³-hybridized carbons (Fsp3) is 0.684. The summed E-state index contributed by atoms with van der Waals surface area (Å²) in [6, 6.07) is 2.78. The first-order valence-electron chi connectivity index (χ1n) is 9.18. The minimum atomic E-state index is -0.389. The Balaban J connectivity index is 2.43. The summed E-state index contributed by atoms with van der Waals surface area (Å²) in [5.74, 6) is 1.54. The predicted octanol–water partition coefficient (Wildman–Crippen LogP) is 2.55. The summed E-state index contributed by atoms with van der Waals surface area (Å²) in [5.41, 5.74) is 0.453. The van der Waals surface area contributed by atoms with Gasteiger partial charge in [-0.1, -0.05) is 0 Å². The number of ether oxygens (including phenoxy) is 1. The van der Waals surface area contributed by atoms with Gasteiger partial charge >= 0.3 is 5.97 Å². The van der Waals surface area contributed by atoms with Crippen LogP contribution in [0.5, 0.6) is 0 Å². The van der Waals surface area contributed by atoms with E-state index in [1.165, 1.54) is 7.11 Å². The fourth-order valence-electron chi connectivity index (χ4n) is 2.92. The summed E-state index contributed by atoms with van der Waals surface area (Å²) in [5, 5.41) is 6.50. The summed E-state index contributed by atoms with van der Waals surface area (Å²) in [6.45, 7) is 13.0. The molecule has 0 fully saturated rings. The molecule has 0 aliphatic carbocycles. The van der Waals surface area contributed by atoms with Crippen LogP contribution in [-0.4, -0.2) is 56.2 Å². The smallest absolute Gasteiger partial charge is 0.341 e. The summed E-state index contributed by atoms with van der Waals surface area (Å²) in [6.07, 6.45) is 1.03. The monoisotopic (exact) mass is 366 g/mol. The van der Waals surface area contributed by atoms with Crippen LogP contribution in [0.4, 0.5) is 0 Å². The molecule has 2 N–H and O–H groups in total. The van der Waals surface area contributed by atoms with Crippen LogP contribution in [0.15, 0.2) is 15.5 Å². The molecule has 0 saturated heterocycles. The Hall–Kier alpha value is -2.02. The predicted molar refractivity (Wildman–Crippen MR) is 105 cm³/mol. The van der Waals surface area contributed by atoms with Gasteiger partial charge < -0.3 is 19.8 Å². The Morgan fingerprint density at radius 1 is 1.27 bits per heavy atom. The van der Waals surface area contributed by atoms with E-state index in [-0.39, 0.29) is 5.97 Å². The van der Waals surface area contributed by atoms with Crippen LogP contribution >= 0.6 is 0 Å². The van der Waals surface area contributed by atoms with E-state index in [9.17, 15) is 4.79 Å². The number of esters is 1. The lowest BCUT2D eigenvalue weighted by Crippen LogP contribution is -2.41. The van der Waals surface area contributed by atoms with Crippen molar-refractivity contribution in [3.8, 4) is 0 Å². The number of guanidine groups is 1. The van der Waals surface area contributed by atoms with Gasteiger partial charge in [0.25, 0.3) is 0 Å². The van der Waals surface area contributed by atoms with Gasteiger partial charge in [0.15, 0.2) is 5.96 Å². The van der Waals surface area contributed by atoms with Gasteiger partial charge in [0.05, 0.1) is 13.7 Å². The van der Waals surface area contributed by atoms with Crippen LogP contribution in [0.3, 0.4) is 0 Å². The first-order valence-corrected chi connectivity index (χ1v) is 9.18. The van der Waals surface area contributed by atoms with E-state index in [2.05, 4.69) is 48.2 Å². The van der Waals surface area contributed by atoms with Crippen molar-refractivity contribution in [3.63, 3.8) is 0 Å². The van der Waals surface area contributed by atoms with E-state index in [1.807, 2.05) is 0 Å². The summed E-state index contributed by atoms with van der Waals surface area (Å²) in [7, 11) is 3.09. The van der Waals surface area contributed by atoms with Gasteiger partial charge in [-0.15, -0.1) is 0 Å². The molecule has 7 nitrogen and oxygen atoms in total. The number of hydrogen-bond acceptors (Lipinski definition) is 5. The molecule has 0 aliphatic heterocycles. The maximum atomic E-state index is 11.6. The van der Waals surface area contributed by atoms with E-state index in [1.54, 1.807) is 20.0 Å². The van der Waals surface area contributed by atoms with E-state index >= 15 is 0 Å². The average Bonchev–Trinajstić information content (AvgIpc) is 2.96. The molecule has 1 rings (SSSR count). The molecule has 0 spiro atoms. The third-order valence-corrected chi connectivity index (χ3v) is 4.24. The molecule has 1 heterocycles. The van der Waals surface area contributed by atoms with Crippen molar-refractivity contribution in [1.29, 1.82) is 0 Å². The highest BCUT2D eigenvalue weighted by Crippen LogP contribution is 2.15.